The Morgan fingerprint density at radius 2 is 1.50 bits per heavy atom. The van der Waals surface area contributed by atoms with Crippen molar-refractivity contribution in [3.8, 4) is 5.75 Å². The van der Waals surface area contributed by atoms with Crippen LogP contribution < -0.4 is 15.8 Å². The Hall–Kier alpha value is -2.66. The minimum absolute atomic E-state index is 0.144. The van der Waals surface area contributed by atoms with E-state index in [1.54, 1.807) is 0 Å². The van der Waals surface area contributed by atoms with E-state index in [9.17, 15) is 22.8 Å². The standard InChI is InChI=1S/C21H34N2O4.C2HF3O2/c1-13(2)15-8-7-9-16(14(3)4)19(15)27-18(25)10-21(5,6)12-23-20(26)17(22)11-24;3-2(4,5)1(6)7/h7-9,13-14,17,24H,10-12,22H2,1-6H3,(H,23,26);(H,6,7)/t17-;/m0./s1. The lowest BCUT2D eigenvalue weighted by atomic mass is 9.89. The number of aliphatic carboxylic acids is 1. The van der Waals surface area contributed by atoms with Crippen LogP contribution in [0.2, 0.25) is 0 Å². The molecule has 34 heavy (non-hydrogen) atoms. The second-order valence-electron chi connectivity index (χ2n) is 9.20. The molecular weight excluding hydrogens is 457 g/mol. The molecule has 0 radical (unpaired) electrons. The van der Waals surface area contributed by atoms with Gasteiger partial charge in [0.1, 0.15) is 11.8 Å². The fourth-order valence-corrected chi connectivity index (χ4v) is 2.74. The van der Waals surface area contributed by atoms with E-state index in [-0.39, 0.29) is 30.8 Å². The van der Waals surface area contributed by atoms with Crippen LogP contribution in [-0.2, 0) is 14.4 Å². The van der Waals surface area contributed by atoms with E-state index in [1.165, 1.54) is 0 Å². The van der Waals surface area contributed by atoms with Gasteiger partial charge in [-0.1, -0.05) is 59.7 Å². The number of esters is 1. The Kier molecular flexibility index (Phi) is 12.2. The lowest BCUT2D eigenvalue weighted by Gasteiger charge is -2.25. The van der Waals surface area contributed by atoms with Crippen molar-refractivity contribution in [1.82, 2.24) is 5.32 Å². The van der Waals surface area contributed by atoms with E-state index in [4.69, 9.17) is 25.5 Å². The number of alkyl halides is 3. The summed E-state index contributed by atoms with van der Waals surface area (Å²) >= 11 is 0. The molecule has 11 heteroatoms. The number of aliphatic hydroxyl groups excluding tert-OH is 1. The highest BCUT2D eigenvalue weighted by Crippen LogP contribution is 2.35. The Labute approximate surface area is 197 Å². The molecule has 0 aliphatic heterocycles. The topological polar surface area (TPSA) is 139 Å². The number of carbonyl (C=O) groups is 3. The molecule has 0 unspecified atom stereocenters. The summed E-state index contributed by atoms with van der Waals surface area (Å²) < 4.78 is 37.5. The highest BCUT2D eigenvalue weighted by molar-refractivity contribution is 5.81. The minimum Gasteiger partial charge on any atom is -0.475 e. The number of aliphatic hydroxyl groups is 1. The first kappa shape index (κ1) is 31.3. The van der Waals surface area contributed by atoms with Crippen molar-refractivity contribution in [3.05, 3.63) is 29.3 Å². The maximum Gasteiger partial charge on any atom is 0.490 e. The highest BCUT2D eigenvalue weighted by atomic mass is 19.4. The monoisotopic (exact) mass is 492 g/mol. The number of amides is 1. The van der Waals surface area contributed by atoms with Gasteiger partial charge in [-0.25, -0.2) is 4.79 Å². The molecule has 0 bridgehead atoms. The van der Waals surface area contributed by atoms with Gasteiger partial charge >= 0.3 is 18.1 Å². The van der Waals surface area contributed by atoms with Crippen molar-refractivity contribution in [1.29, 1.82) is 0 Å². The van der Waals surface area contributed by atoms with Gasteiger partial charge in [0.05, 0.1) is 13.0 Å². The van der Waals surface area contributed by atoms with Crippen LogP contribution in [0.1, 0.15) is 70.9 Å². The van der Waals surface area contributed by atoms with Gasteiger partial charge < -0.3 is 26.0 Å². The highest BCUT2D eigenvalue weighted by Gasteiger charge is 2.38. The summed E-state index contributed by atoms with van der Waals surface area (Å²) in [6, 6.07) is 5.01. The first-order valence-electron chi connectivity index (χ1n) is 10.7. The summed E-state index contributed by atoms with van der Waals surface area (Å²) in [6.07, 6.45) is -4.94. The van der Waals surface area contributed by atoms with Crippen LogP contribution in [0.25, 0.3) is 0 Å². The summed E-state index contributed by atoms with van der Waals surface area (Å²) in [7, 11) is 0. The van der Waals surface area contributed by atoms with Gasteiger partial charge in [-0.2, -0.15) is 13.2 Å². The molecule has 0 aliphatic rings. The summed E-state index contributed by atoms with van der Waals surface area (Å²) in [5.41, 5.74) is 7.00. The van der Waals surface area contributed by atoms with Crippen LogP contribution in [0.4, 0.5) is 13.2 Å². The average molecular weight is 493 g/mol. The van der Waals surface area contributed by atoms with E-state index in [0.717, 1.165) is 11.1 Å². The summed E-state index contributed by atoms with van der Waals surface area (Å²) in [6.45, 7) is 11.9. The Bertz CT molecular complexity index is 812. The molecule has 0 saturated heterocycles. The van der Waals surface area contributed by atoms with Crippen molar-refractivity contribution in [2.75, 3.05) is 13.2 Å². The molecule has 5 N–H and O–H groups in total. The molecule has 8 nitrogen and oxygen atoms in total. The largest absolute Gasteiger partial charge is 0.490 e. The van der Waals surface area contributed by atoms with Crippen molar-refractivity contribution in [2.24, 2.45) is 11.1 Å². The van der Waals surface area contributed by atoms with Gasteiger partial charge in [0.25, 0.3) is 0 Å². The predicted molar refractivity (Wildman–Crippen MR) is 120 cm³/mol. The fourth-order valence-electron chi connectivity index (χ4n) is 2.74. The van der Waals surface area contributed by atoms with Gasteiger partial charge in [0.15, 0.2) is 0 Å². The second-order valence-corrected chi connectivity index (χ2v) is 9.20. The quantitative estimate of drug-likeness (QED) is 0.306. The van der Waals surface area contributed by atoms with Crippen LogP contribution in [0.3, 0.4) is 0 Å². The molecule has 0 aromatic heterocycles. The summed E-state index contributed by atoms with van der Waals surface area (Å²) in [4.78, 5) is 33.2. The third-order valence-electron chi connectivity index (χ3n) is 4.68. The van der Waals surface area contributed by atoms with E-state index in [1.807, 2.05) is 32.0 Å². The first-order chi connectivity index (χ1) is 15.4. The van der Waals surface area contributed by atoms with Gasteiger partial charge in [0, 0.05) is 6.54 Å². The van der Waals surface area contributed by atoms with Gasteiger partial charge in [-0.3, -0.25) is 9.59 Å². The smallest absolute Gasteiger partial charge is 0.475 e. The van der Waals surface area contributed by atoms with Crippen molar-refractivity contribution in [2.45, 2.75) is 72.0 Å². The lowest BCUT2D eigenvalue weighted by Crippen LogP contribution is -2.46. The zero-order valence-electron chi connectivity index (χ0n) is 20.3. The molecule has 0 heterocycles. The third-order valence-corrected chi connectivity index (χ3v) is 4.68. The Morgan fingerprint density at radius 1 is 1.06 bits per heavy atom. The number of carboxylic acid groups (broad SMARTS) is 1. The summed E-state index contributed by atoms with van der Waals surface area (Å²) in [5, 5.41) is 18.7. The summed E-state index contributed by atoms with van der Waals surface area (Å²) in [5.74, 6) is -2.42. The molecule has 1 rings (SSSR count). The van der Waals surface area contributed by atoms with Crippen LogP contribution in [-0.4, -0.2) is 53.4 Å². The molecular formula is C23H35F3N2O6. The molecule has 194 valence electrons. The molecule has 1 atom stereocenters. The third kappa shape index (κ3) is 11.0. The van der Waals surface area contributed by atoms with Gasteiger partial charge in [-0.05, 0) is 28.4 Å². The van der Waals surface area contributed by atoms with Gasteiger partial charge in [-0.15, -0.1) is 0 Å². The molecule has 0 spiro atoms. The molecule has 0 saturated carbocycles. The molecule has 0 fully saturated rings. The number of halogens is 3. The SMILES string of the molecule is CC(C)c1cccc(C(C)C)c1OC(=O)CC(C)(C)CNC(=O)[C@@H](N)CO.O=C(O)C(F)(F)F. The van der Waals surface area contributed by atoms with Crippen LogP contribution >= 0.6 is 0 Å². The number of nitrogens with two attached hydrogens (primary N) is 1. The maximum absolute atomic E-state index is 12.6. The number of nitrogens with one attached hydrogen (secondary N) is 1. The van der Waals surface area contributed by atoms with Crippen LogP contribution in [0.15, 0.2) is 18.2 Å². The zero-order valence-corrected chi connectivity index (χ0v) is 20.3. The normalized spacial score (nSPS) is 12.6. The zero-order chi connectivity index (χ0) is 26.9. The van der Waals surface area contributed by atoms with E-state index >= 15 is 0 Å². The maximum atomic E-state index is 12.6. The van der Waals surface area contributed by atoms with E-state index in [2.05, 4.69) is 33.0 Å². The number of carboxylic acids is 1. The molecule has 0 aliphatic carbocycles. The van der Waals surface area contributed by atoms with Crippen molar-refractivity contribution >= 4 is 17.8 Å². The molecule has 1 aromatic carbocycles. The number of hydrogen-bond acceptors (Lipinski definition) is 6. The van der Waals surface area contributed by atoms with Crippen LogP contribution in [0, 0.1) is 5.41 Å². The van der Waals surface area contributed by atoms with E-state index in [0.29, 0.717) is 5.75 Å². The number of carbonyl (C=O) groups excluding carboxylic acids is 2. The average Bonchev–Trinajstić information content (AvgIpc) is 2.70. The fraction of sp³-hybridized carbons (Fsp3) is 0.609. The number of para-hydroxylation sites is 1. The number of ether oxygens (including phenoxy) is 1. The lowest BCUT2D eigenvalue weighted by molar-refractivity contribution is -0.192. The van der Waals surface area contributed by atoms with Gasteiger partial charge in [0.2, 0.25) is 5.91 Å². The first-order valence-corrected chi connectivity index (χ1v) is 10.7. The number of rotatable bonds is 9. The molecule has 1 aromatic rings. The Balaban J connectivity index is 0.00000135. The minimum atomic E-state index is -5.08. The second kappa shape index (κ2) is 13.3. The number of hydrogen-bond donors (Lipinski definition) is 4. The molecule has 1 amide bonds. The van der Waals surface area contributed by atoms with Crippen molar-refractivity contribution in [3.63, 3.8) is 0 Å². The predicted octanol–water partition coefficient (Wildman–Crippen LogP) is 3.32. The van der Waals surface area contributed by atoms with Crippen LogP contribution in [0.5, 0.6) is 5.75 Å². The van der Waals surface area contributed by atoms with Crippen molar-refractivity contribution < 1.29 is 42.5 Å². The Morgan fingerprint density at radius 3 is 1.85 bits per heavy atom. The van der Waals surface area contributed by atoms with E-state index < -0.39 is 36.1 Å². The number of benzene rings is 1.